The predicted octanol–water partition coefficient (Wildman–Crippen LogP) is 4.47. The largest absolute Gasteiger partial charge is 0.378 e. The van der Waals surface area contributed by atoms with E-state index in [4.69, 9.17) is 4.74 Å². The van der Waals surface area contributed by atoms with Gasteiger partial charge >= 0.3 is 0 Å². The molecule has 1 saturated heterocycles. The molecule has 0 spiro atoms. The molecule has 0 radical (unpaired) electrons. The maximum absolute atomic E-state index is 5.70. The van der Waals surface area contributed by atoms with Gasteiger partial charge in [-0.05, 0) is 37.8 Å². The minimum absolute atomic E-state index is 0.495. The van der Waals surface area contributed by atoms with Gasteiger partial charge < -0.3 is 10.1 Å². The molecule has 112 valence electrons. The Bertz CT molecular complexity index is 346. The Hall–Kier alpha value is -0.860. The van der Waals surface area contributed by atoms with Gasteiger partial charge in [-0.1, -0.05) is 56.5 Å². The first-order valence-electron chi connectivity index (χ1n) is 8.30. The van der Waals surface area contributed by atoms with Crippen LogP contribution >= 0.6 is 0 Å². The fourth-order valence-electron chi connectivity index (χ4n) is 2.96. The van der Waals surface area contributed by atoms with Crippen LogP contribution in [0.25, 0.3) is 0 Å². The van der Waals surface area contributed by atoms with Crippen molar-refractivity contribution in [3.8, 4) is 0 Å². The van der Waals surface area contributed by atoms with Crippen molar-refractivity contribution in [1.82, 2.24) is 5.32 Å². The summed E-state index contributed by atoms with van der Waals surface area (Å²) >= 11 is 0. The van der Waals surface area contributed by atoms with Gasteiger partial charge in [0, 0.05) is 12.6 Å². The van der Waals surface area contributed by atoms with Crippen molar-refractivity contribution >= 4 is 0 Å². The Kier molecular flexibility index (Phi) is 7.10. The molecule has 2 heteroatoms. The lowest BCUT2D eigenvalue weighted by molar-refractivity contribution is 0.103. The van der Waals surface area contributed by atoms with Crippen molar-refractivity contribution in [2.75, 3.05) is 13.2 Å². The number of hydrogen-bond acceptors (Lipinski definition) is 2. The smallest absolute Gasteiger partial charge is 0.0588 e. The predicted molar refractivity (Wildman–Crippen MR) is 84.9 cm³/mol. The maximum atomic E-state index is 5.70. The lowest BCUT2D eigenvalue weighted by Crippen LogP contribution is -2.25. The number of nitrogens with one attached hydrogen (secondary N) is 1. The van der Waals surface area contributed by atoms with Crippen molar-refractivity contribution in [3.05, 3.63) is 35.9 Å². The highest BCUT2D eigenvalue weighted by molar-refractivity contribution is 5.18. The van der Waals surface area contributed by atoms with Crippen LogP contribution in [-0.2, 0) is 4.74 Å². The summed E-state index contributed by atoms with van der Waals surface area (Å²) in [7, 11) is 0. The van der Waals surface area contributed by atoms with Crippen molar-refractivity contribution in [1.29, 1.82) is 0 Å². The lowest BCUT2D eigenvalue weighted by atomic mass is 10.00. The summed E-state index contributed by atoms with van der Waals surface area (Å²) in [4.78, 5) is 0. The molecular formula is C18H29NO. The van der Waals surface area contributed by atoms with Crippen LogP contribution < -0.4 is 5.32 Å². The highest BCUT2D eigenvalue weighted by atomic mass is 16.5. The highest BCUT2D eigenvalue weighted by Crippen LogP contribution is 2.21. The van der Waals surface area contributed by atoms with Gasteiger partial charge in [0.25, 0.3) is 0 Å². The summed E-state index contributed by atoms with van der Waals surface area (Å²) in [5.74, 6) is 0. The zero-order valence-electron chi connectivity index (χ0n) is 12.8. The van der Waals surface area contributed by atoms with Gasteiger partial charge in [-0.2, -0.15) is 0 Å². The first-order chi connectivity index (χ1) is 9.90. The third-order valence-electron chi connectivity index (χ3n) is 4.18. The summed E-state index contributed by atoms with van der Waals surface area (Å²) in [6, 6.07) is 11.4. The van der Waals surface area contributed by atoms with Gasteiger partial charge in [0.05, 0.1) is 6.10 Å². The van der Waals surface area contributed by atoms with Crippen molar-refractivity contribution < 1.29 is 4.74 Å². The Morgan fingerprint density at radius 3 is 2.80 bits per heavy atom. The summed E-state index contributed by atoms with van der Waals surface area (Å²) in [5.41, 5.74) is 1.43. The maximum Gasteiger partial charge on any atom is 0.0588 e. The molecule has 1 fully saturated rings. The number of rotatable bonds is 9. The van der Waals surface area contributed by atoms with Crippen molar-refractivity contribution in [2.45, 2.75) is 64.0 Å². The molecule has 1 heterocycles. The molecule has 0 bridgehead atoms. The Labute approximate surface area is 123 Å². The van der Waals surface area contributed by atoms with E-state index >= 15 is 0 Å². The van der Waals surface area contributed by atoms with Gasteiger partial charge in [-0.25, -0.2) is 0 Å². The van der Waals surface area contributed by atoms with Crippen LogP contribution in [0.4, 0.5) is 0 Å². The van der Waals surface area contributed by atoms with Crippen molar-refractivity contribution in [3.63, 3.8) is 0 Å². The first kappa shape index (κ1) is 15.5. The van der Waals surface area contributed by atoms with Crippen LogP contribution in [0.2, 0.25) is 0 Å². The van der Waals surface area contributed by atoms with Crippen molar-refractivity contribution in [2.24, 2.45) is 0 Å². The molecule has 1 aliphatic rings. The second-order valence-corrected chi connectivity index (χ2v) is 5.84. The molecule has 1 aromatic carbocycles. The molecule has 0 aliphatic carbocycles. The normalized spacial score (nSPS) is 20.1. The summed E-state index contributed by atoms with van der Waals surface area (Å²) in [6.07, 6.45) is 9.30. The van der Waals surface area contributed by atoms with E-state index in [0.29, 0.717) is 12.1 Å². The van der Waals surface area contributed by atoms with Gasteiger partial charge in [0.1, 0.15) is 0 Å². The van der Waals surface area contributed by atoms with Gasteiger partial charge in [0.2, 0.25) is 0 Å². The molecule has 0 aromatic heterocycles. The van der Waals surface area contributed by atoms with Crippen LogP contribution in [0, 0.1) is 0 Å². The molecule has 0 saturated carbocycles. The molecule has 2 rings (SSSR count). The van der Waals surface area contributed by atoms with Gasteiger partial charge in [0.15, 0.2) is 0 Å². The number of unbranched alkanes of at least 4 members (excludes halogenated alkanes) is 2. The highest BCUT2D eigenvalue weighted by Gasteiger charge is 2.16. The van der Waals surface area contributed by atoms with E-state index in [2.05, 4.69) is 42.6 Å². The fraction of sp³-hybridized carbons (Fsp3) is 0.667. The van der Waals surface area contributed by atoms with Crippen LogP contribution in [0.15, 0.2) is 30.3 Å². The third kappa shape index (κ3) is 5.26. The minimum Gasteiger partial charge on any atom is -0.378 e. The summed E-state index contributed by atoms with van der Waals surface area (Å²) < 4.78 is 5.70. The van der Waals surface area contributed by atoms with Gasteiger partial charge in [-0.15, -0.1) is 0 Å². The second-order valence-electron chi connectivity index (χ2n) is 5.84. The molecule has 1 aromatic rings. The van der Waals surface area contributed by atoms with Crippen LogP contribution in [0.1, 0.15) is 63.5 Å². The number of benzene rings is 1. The lowest BCUT2D eigenvalue weighted by Gasteiger charge is -2.20. The fourth-order valence-corrected chi connectivity index (χ4v) is 2.96. The summed E-state index contributed by atoms with van der Waals surface area (Å²) in [5, 5.41) is 3.74. The van der Waals surface area contributed by atoms with Gasteiger partial charge in [-0.3, -0.25) is 0 Å². The standard InChI is InChI=1S/C18H29NO/c1-2-3-5-12-18(16-9-6-4-7-10-16)19-14-13-17-11-8-15-20-17/h4,6-7,9-10,17-19H,2-3,5,8,11-15H2,1H3. The third-order valence-corrected chi connectivity index (χ3v) is 4.18. The van der Waals surface area contributed by atoms with E-state index in [-0.39, 0.29) is 0 Å². The molecule has 2 unspecified atom stereocenters. The van der Waals surface area contributed by atoms with Crippen LogP contribution in [0.3, 0.4) is 0 Å². The molecule has 20 heavy (non-hydrogen) atoms. The molecule has 1 aliphatic heterocycles. The minimum atomic E-state index is 0.495. The number of hydrogen-bond donors (Lipinski definition) is 1. The van der Waals surface area contributed by atoms with E-state index in [9.17, 15) is 0 Å². The Morgan fingerprint density at radius 2 is 2.10 bits per heavy atom. The average Bonchev–Trinajstić information content (AvgIpc) is 3.00. The topological polar surface area (TPSA) is 21.3 Å². The quantitative estimate of drug-likeness (QED) is 0.672. The zero-order valence-corrected chi connectivity index (χ0v) is 12.8. The number of ether oxygens (including phenoxy) is 1. The second kappa shape index (κ2) is 9.15. The van der Waals surface area contributed by atoms with E-state index < -0.39 is 0 Å². The molecule has 1 N–H and O–H groups in total. The monoisotopic (exact) mass is 275 g/mol. The molecule has 2 nitrogen and oxygen atoms in total. The molecule has 2 atom stereocenters. The van der Waals surface area contributed by atoms with E-state index in [1.54, 1.807) is 0 Å². The molecular weight excluding hydrogens is 246 g/mol. The van der Waals surface area contributed by atoms with E-state index in [0.717, 1.165) is 19.6 Å². The Morgan fingerprint density at radius 1 is 1.25 bits per heavy atom. The van der Waals surface area contributed by atoms with Crippen LogP contribution in [-0.4, -0.2) is 19.3 Å². The SMILES string of the molecule is CCCCCC(NCCC1CCCO1)c1ccccc1. The summed E-state index contributed by atoms with van der Waals surface area (Å²) in [6.45, 7) is 4.29. The van der Waals surface area contributed by atoms with E-state index in [1.807, 2.05) is 0 Å². The zero-order chi connectivity index (χ0) is 14.0. The molecule has 0 amide bonds. The first-order valence-corrected chi connectivity index (χ1v) is 8.30. The van der Waals surface area contributed by atoms with Crippen LogP contribution in [0.5, 0.6) is 0 Å². The Balaban J connectivity index is 1.78. The average molecular weight is 275 g/mol. The van der Waals surface area contributed by atoms with E-state index in [1.165, 1.54) is 44.1 Å².